The lowest BCUT2D eigenvalue weighted by Crippen LogP contribution is -2.43. The summed E-state index contributed by atoms with van der Waals surface area (Å²) in [6, 6.07) is 6.07. The van der Waals surface area contributed by atoms with E-state index in [9.17, 15) is 13.2 Å². The summed E-state index contributed by atoms with van der Waals surface area (Å²) in [7, 11) is -2.52. The molecular formula is C15H22N2O4S. The summed E-state index contributed by atoms with van der Waals surface area (Å²) in [6.45, 7) is 4.20. The molecule has 1 aliphatic heterocycles. The number of hydrogen-bond donors (Lipinski definition) is 2. The molecule has 1 heterocycles. The Morgan fingerprint density at radius 1 is 1.32 bits per heavy atom. The predicted octanol–water partition coefficient (Wildman–Crippen LogP) is 1.14. The lowest BCUT2D eigenvalue weighted by atomic mass is 9.81. The minimum Gasteiger partial charge on any atom is -0.465 e. The highest BCUT2D eigenvalue weighted by atomic mass is 32.2. The van der Waals surface area contributed by atoms with E-state index >= 15 is 0 Å². The molecule has 22 heavy (non-hydrogen) atoms. The van der Waals surface area contributed by atoms with Gasteiger partial charge >= 0.3 is 5.97 Å². The Morgan fingerprint density at radius 2 is 1.95 bits per heavy atom. The second kappa shape index (κ2) is 6.76. The fourth-order valence-corrected chi connectivity index (χ4v) is 3.93. The van der Waals surface area contributed by atoms with Gasteiger partial charge in [0.2, 0.25) is 10.0 Å². The molecule has 0 atom stereocenters. The maximum Gasteiger partial charge on any atom is 0.339 e. The van der Waals surface area contributed by atoms with Gasteiger partial charge in [-0.05, 0) is 43.5 Å². The normalized spacial score (nSPS) is 17.9. The number of benzene rings is 1. The summed E-state index contributed by atoms with van der Waals surface area (Å²) >= 11 is 0. The topological polar surface area (TPSA) is 84.5 Å². The number of carbonyl (C=O) groups excluding carboxylic acids is 1. The summed E-state index contributed by atoms with van der Waals surface area (Å²) in [5, 5.41) is 3.26. The van der Waals surface area contributed by atoms with Crippen molar-refractivity contribution in [2.24, 2.45) is 5.41 Å². The lowest BCUT2D eigenvalue weighted by molar-refractivity contribution is 0.0596. The minimum atomic E-state index is -3.75. The number of carbonyl (C=O) groups is 1. The lowest BCUT2D eigenvalue weighted by Gasteiger charge is -2.34. The number of rotatable bonds is 5. The van der Waals surface area contributed by atoms with Crippen LogP contribution >= 0.6 is 0 Å². The number of methoxy groups -OCH3 is 1. The van der Waals surface area contributed by atoms with Gasteiger partial charge in [-0.25, -0.2) is 17.9 Å². The smallest absolute Gasteiger partial charge is 0.339 e. The monoisotopic (exact) mass is 326 g/mol. The van der Waals surface area contributed by atoms with Crippen molar-refractivity contribution in [3.05, 3.63) is 29.8 Å². The van der Waals surface area contributed by atoms with Crippen LogP contribution in [0.2, 0.25) is 0 Å². The molecule has 1 aromatic carbocycles. The first-order valence-corrected chi connectivity index (χ1v) is 8.74. The molecule has 6 nitrogen and oxygen atoms in total. The molecule has 0 unspecified atom stereocenters. The molecule has 1 saturated heterocycles. The van der Waals surface area contributed by atoms with Gasteiger partial charge in [0.05, 0.1) is 17.6 Å². The molecule has 1 aliphatic rings. The second-order valence-electron chi connectivity index (χ2n) is 5.87. The van der Waals surface area contributed by atoms with Crippen molar-refractivity contribution < 1.29 is 17.9 Å². The number of ether oxygens (including phenoxy) is 1. The van der Waals surface area contributed by atoms with Gasteiger partial charge in [0, 0.05) is 6.54 Å². The van der Waals surface area contributed by atoms with E-state index in [0.29, 0.717) is 6.54 Å². The van der Waals surface area contributed by atoms with Gasteiger partial charge in [-0.3, -0.25) is 0 Å². The number of piperidine rings is 1. The van der Waals surface area contributed by atoms with Crippen LogP contribution in [0.3, 0.4) is 0 Å². The largest absolute Gasteiger partial charge is 0.465 e. The first kappa shape index (κ1) is 16.9. The number of sulfonamides is 1. The van der Waals surface area contributed by atoms with Crippen LogP contribution in [0.15, 0.2) is 29.2 Å². The molecule has 0 bridgehead atoms. The van der Waals surface area contributed by atoms with Crippen LogP contribution in [0, 0.1) is 5.41 Å². The van der Waals surface area contributed by atoms with E-state index in [2.05, 4.69) is 21.7 Å². The van der Waals surface area contributed by atoms with Crippen molar-refractivity contribution >= 4 is 16.0 Å². The van der Waals surface area contributed by atoms with Gasteiger partial charge in [0.25, 0.3) is 0 Å². The van der Waals surface area contributed by atoms with Crippen LogP contribution in [0.1, 0.15) is 30.1 Å². The highest BCUT2D eigenvalue weighted by Gasteiger charge is 2.30. The van der Waals surface area contributed by atoms with E-state index in [4.69, 9.17) is 0 Å². The zero-order chi connectivity index (χ0) is 16.2. The zero-order valence-electron chi connectivity index (χ0n) is 12.9. The Labute approximate surface area is 131 Å². The Morgan fingerprint density at radius 3 is 2.59 bits per heavy atom. The van der Waals surface area contributed by atoms with E-state index in [1.807, 2.05) is 0 Å². The standard InChI is InChI=1S/C15H22N2O4S/c1-15(7-9-16-10-8-15)11-17-22(19,20)13-6-4-3-5-12(13)14(18)21-2/h3-6,16-17H,7-11H2,1-2H3. The van der Waals surface area contributed by atoms with Crippen LogP contribution < -0.4 is 10.0 Å². The molecule has 1 aromatic rings. The second-order valence-corrected chi connectivity index (χ2v) is 7.61. The summed E-state index contributed by atoms with van der Waals surface area (Å²) in [4.78, 5) is 11.7. The van der Waals surface area contributed by atoms with Crippen molar-refractivity contribution in [3.8, 4) is 0 Å². The Kier molecular flexibility index (Phi) is 5.20. The van der Waals surface area contributed by atoms with Crippen LogP contribution in [0.5, 0.6) is 0 Å². The fraction of sp³-hybridized carbons (Fsp3) is 0.533. The number of esters is 1. The third-order valence-electron chi connectivity index (χ3n) is 4.08. The highest BCUT2D eigenvalue weighted by Crippen LogP contribution is 2.27. The molecule has 1 fully saturated rings. The molecule has 0 aromatic heterocycles. The van der Waals surface area contributed by atoms with Crippen molar-refractivity contribution in [2.75, 3.05) is 26.7 Å². The van der Waals surface area contributed by atoms with Crippen LogP contribution in [-0.4, -0.2) is 41.1 Å². The van der Waals surface area contributed by atoms with Crippen molar-refractivity contribution in [1.29, 1.82) is 0 Å². The SMILES string of the molecule is COC(=O)c1ccccc1S(=O)(=O)NCC1(C)CCNCC1. The molecule has 0 aliphatic carbocycles. The molecule has 122 valence electrons. The predicted molar refractivity (Wildman–Crippen MR) is 83.2 cm³/mol. The van der Waals surface area contributed by atoms with E-state index in [0.717, 1.165) is 25.9 Å². The van der Waals surface area contributed by atoms with Gasteiger partial charge in [0.15, 0.2) is 0 Å². The maximum absolute atomic E-state index is 12.5. The molecule has 2 rings (SSSR count). The van der Waals surface area contributed by atoms with E-state index < -0.39 is 16.0 Å². The fourth-order valence-electron chi connectivity index (χ4n) is 2.53. The number of hydrogen-bond acceptors (Lipinski definition) is 5. The van der Waals surface area contributed by atoms with Crippen molar-refractivity contribution in [3.63, 3.8) is 0 Å². The van der Waals surface area contributed by atoms with Gasteiger partial charge in [-0.1, -0.05) is 19.1 Å². The van der Waals surface area contributed by atoms with Gasteiger partial charge < -0.3 is 10.1 Å². The average molecular weight is 326 g/mol. The summed E-state index contributed by atoms with van der Waals surface area (Å²) in [5.74, 6) is -0.658. The zero-order valence-corrected chi connectivity index (χ0v) is 13.7. The first-order valence-electron chi connectivity index (χ1n) is 7.26. The Balaban J connectivity index is 2.19. The summed E-state index contributed by atoms with van der Waals surface area (Å²) < 4.78 is 32.3. The minimum absolute atomic E-state index is 0.0422. The third-order valence-corrected chi connectivity index (χ3v) is 5.54. The van der Waals surface area contributed by atoms with Crippen molar-refractivity contribution in [2.45, 2.75) is 24.7 Å². The maximum atomic E-state index is 12.5. The molecular weight excluding hydrogens is 304 g/mol. The van der Waals surface area contributed by atoms with Crippen LogP contribution in [-0.2, 0) is 14.8 Å². The van der Waals surface area contributed by atoms with Crippen LogP contribution in [0.25, 0.3) is 0 Å². The quantitative estimate of drug-likeness (QED) is 0.793. The molecule has 7 heteroatoms. The third kappa shape index (κ3) is 3.85. The highest BCUT2D eigenvalue weighted by molar-refractivity contribution is 7.89. The average Bonchev–Trinajstić information content (AvgIpc) is 2.53. The Bertz CT molecular complexity index is 637. The molecule has 2 N–H and O–H groups in total. The van der Waals surface area contributed by atoms with E-state index in [1.54, 1.807) is 12.1 Å². The van der Waals surface area contributed by atoms with E-state index in [-0.39, 0.29) is 15.9 Å². The molecule has 0 amide bonds. The first-order chi connectivity index (χ1) is 10.4. The number of nitrogens with one attached hydrogen (secondary N) is 2. The van der Waals surface area contributed by atoms with Gasteiger partial charge in [-0.15, -0.1) is 0 Å². The van der Waals surface area contributed by atoms with Crippen molar-refractivity contribution in [1.82, 2.24) is 10.0 Å². The van der Waals surface area contributed by atoms with Gasteiger partial charge in [0.1, 0.15) is 0 Å². The van der Waals surface area contributed by atoms with E-state index in [1.165, 1.54) is 19.2 Å². The van der Waals surface area contributed by atoms with Gasteiger partial charge in [-0.2, -0.15) is 0 Å². The summed E-state index contributed by atoms with van der Waals surface area (Å²) in [6.07, 6.45) is 1.82. The Hall–Kier alpha value is -1.44. The molecule has 0 saturated carbocycles. The van der Waals surface area contributed by atoms with Crippen LogP contribution in [0.4, 0.5) is 0 Å². The molecule has 0 radical (unpaired) electrons. The molecule has 0 spiro atoms. The summed E-state index contributed by atoms with van der Waals surface area (Å²) in [5.41, 5.74) is -0.0219.